The lowest BCUT2D eigenvalue weighted by atomic mass is 10.1. The smallest absolute Gasteiger partial charge is 0.164 e. The summed E-state index contributed by atoms with van der Waals surface area (Å²) in [7, 11) is 1.79. The predicted octanol–water partition coefficient (Wildman–Crippen LogP) is 1.57. The Bertz CT molecular complexity index is 914. The van der Waals surface area contributed by atoms with Crippen LogP contribution in [0.3, 0.4) is 0 Å². The number of aliphatic hydroxyl groups excluding tert-OH is 2. The lowest BCUT2D eigenvalue weighted by molar-refractivity contribution is 0.108. The van der Waals surface area contributed by atoms with Gasteiger partial charge in [0, 0.05) is 37.4 Å². The predicted molar refractivity (Wildman–Crippen MR) is 128 cm³/mol. The van der Waals surface area contributed by atoms with Crippen LogP contribution in [0.25, 0.3) is 11.4 Å². The van der Waals surface area contributed by atoms with E-state index in [1.54, 1.807) is 7.05 Å². The van der Waals surface area contributed by atoms with Crippen molar-refractivity contribution >= 4 is 11.6 Å². The number of benzene rings is 1. The third kappa shape index (κ3) is 6.11. The Morgan fingerprint density at radius 2 is 2.06 bits per heavy atom. The second kappa shape index (κ2) is 11.1. The Labute approximate surface area is 195 Å². The highest BCUT2D eigenvalue weighted by Crippen LogP contribution is 2.31. The van der Waals surface area contributed by atoms with Gasteiger partial charge in [-0.1, -0.05) is 12.1 Å². The number of hydrogen-bond acceptors (Lipinski definition) is 9. The molecule has 2 fully saturated rings. The summed E-state index contributed by atoms with van der Waals surface area (Å²) in [6.45, 7) is 5.66. The van der Waals surface area contributed by atoms with Gasteiger partial charge in [0.15, 0.2) is 5.82 Å². The van der Waals surface area contributed by atoms with E-state index in [4.69, 9.17) is 19.4 Å². The first kappa shape index (κ1) is 23.7. The molecule has 33 heavy (non-hydrogen) atoms. The van der Waals surface area contributed by atoms with Crippen LogP contribution in [0.15, 0.2) is 24.3 Å². The van der Waals surface area contributed by atoms with Gasteiger partial charge in [0.1, 0.15) is 30.1 Å². The van der Waals surface area contributed by atoms with Crippen molar-refractivity contribution in [3.05, 3.63) is 29.8 Å². The Morgan fingerprint density at radius 1 is 1.24 bits per heavy atom. The second-order valence-electron chi connectivity index (χ2n) is 8.82. The zero-order valence-corrected chi connectivity index (χ0v) is 19.5. The largest absolute Gasteiger partial charge is 0.491 e. The van der Waals surface area contributed by atoms with E-state index in [1.165, 1.54) is 0 Å². The standard InChI is InChI=1S/C24H35N5O4/c1-16-22(26-18-8-11-32-14-18)27-23(28-24(16)29-9-6-19(30)7-10-29)17-4-3-5-21(12-17)33-15-20(31)13-25-2/h3-5,12,18-20,25,30-31H,6-11,13-15H2,1-2H3,(H,26,27,28)/t18-,20?/m1/s1. The molecule has 2 aliphatic heterocycles. The van der Waals surface area contributed by atoms with Crippen molar-refractivity contribution in [2.75, 3.05) is 56.7 Å². The molecule has 0 radical (unpaired) electrons. The van der Waals surface area contributed by atoms with E-state index in [0.717, 1.165) is 61.7 Å². The molecule has 0 bridgehead atoms. The molecule has 0 saturated carbocycles. The zero-order valence-electron chi connectivity index (χ0n) is 19.5. The second-order valence-corrected chi connectivity index (χ2v) is 8.82. The summed E-state index contributed by atoms with van der Waals surface area (Å²) in [4.78, 5) is 12.0. The molecule has 2 atom stereocenters. The summed E-state index contributed by atoms with van der Waals surface area (Å²) in [6.07, 6.45) is 1.58. The third-order valence-electron chi connectivity index (χ3n) is 6.13. The molecule has 1 aromatic carbocycles. The van der Waals surface area contributed by atoms with E-state index >= 15 is 0 Å². The van der Waals surface area contributed by atoms with E-state index in [2.05, 4.69) is 15.5 Å². The number of aliphatic hydroxyl groups is 2. The van der Waals surface area contributed by atoms with Crippen molar-refractivity contribution in [1.29, 1.82) is 0 Å². The fourth-order valence-electron chi connectivity index (χ4n) is 4.21. The highest BCUT2D eigenvalue weighted by Gasteiger charge is 2.24. The van der Waals surface area contributed by atoms with Gasteiger partial charge in [-0.2, -0.15) is 0 Å². The van der Waals surface area contributed by atoms with E-state index < -0.39 is 6.10 Å². The number of aromatic nitrogens is 2. The van der Waals surface area contributed by atoms with Crippen LogP contribution in [0.4, 0.5) is 11.6 Å². The SMILES string of the molecule is CNCC(O)COc1cccc(-c2nc(N[C@@H]3CCOC3)c(C)c(N3CCC(O)CC3)n2)c1. The van der Waals surface area contributed by atoms with Crippen molar-refractivity contribution in [3.8, 4) is 17.1 Å². The van der Waals surface area contributed by atoms with Gasteiger partial charge < -0.3 is 35.2 Å². The molecule has 180 valence electrons. The number of likely N-dealkylation sites (N-methyl/N-ethyl adjacent to an activating group) is 1. The van der Waals surface area contributed by atoms with E-state index in [9.17, 15) is 10.2 Å². The lowest BCUT2D eigenvalue weighted by Gasteiger charge is -2.32. The molecule has 0 aliphatic carbocycles. The van der Waals surface area contributed by atoms with E-state index in [-0.39, 0.29) is 18.8 Å². The summed E-state index contributed by atoms with van der Waals surface area (Å²) in [5.74, 6) is 2.98. The number of ether oxygens (including phenoxy) is 2. The lowest BCUT2D eigenvalue weighted by Crippen LogP contribution is -2.37. The van der Waals surface area contributed by atoms with Crippen LogP contribution in [-0.4, -0.2) is 84.9 Å². The minimum Gasteiger partial charge on any atom is -0.491 e. The maximum absolute atomic E-state index is 9.95. The fourth-order valence-corrected chi connectivity index (χ4v) is 4.21. The van der Waals surface area contributed by atoms with Crippen LogP contribution in [0, 0.1) is 6.92 Å². The van der Waals surface area contributed by atoms with Gasteiger partial charge in [-0.3, -0.25) is 0 Å². The monoisotopic (exact) mass is 457 g/mol. The van der Waals surface area contributed by atoms with Gasteiger partial charge in [0.2, 0.25) is 0 Å². The number of nitrogens with zero attached hydrogens (tertiary/aromatic N) is 3. The minimum absolute atomic E-state index is 0.203. The first-order valence-corrected chi connectivity index (χ1v) is 11.8. The topological polar surface area (TPSA) is 112 Å². The number of anilines is 2. The molecule has 9 nitrogen and oxygen atoms in total. The van der Waals surface area contributed by atoms with Gasteiger partial charge in [0.05, 0.1) is 18.8 Å². The normalized spacial score (nSPS) is 20.1. The highest BCUT2D eigenvalue weighted by atomic mass is 16.5. The summed E-state index contributed by atoms with van der Waals surface area (Å²) < 4.78 is 11.3. The van der Waals surface area contributed by atoms with Crippen molar-refractivity contribution in [2.24, 2.45) is 0 Å². The Kier molecular flexibility index (Phi) is 7.97. The Balaban J connectivity index is 1.62. The summed E-state index contributed by atoms with van der Waals surface area (Å²) in [5, 5.41) is 26.4. The van der Waals surface area contributed by atoms with Crippen molar-refractivity contribution < 1.29 is 19.7 Å². The van der Waals surface area contributed by atoms with Crippen molar-refractivity contribution in [3.63, 3.8) is 0 Å². The summed E-state index contributed by atoms with van der Waals surface area (Å²) in [5.41, 5.74) is 1.85. The Hall–Kier alpha value is -2.46. The molecule has 0 spiro atoms. The molecule has 0 amide bonds. The van der Waals surface area contributed by atoms with Crippen LogP contribution in [0.1, 0.15) is 24.8 Å². The van der Waals surface area contributed by atoms with Crippen molar-refractivity contribution in [1.82, 2.24) is 15.3 Å². The molecular formula is C24H35N5O4. The molecule has 1 aromatic heterocycles. The number of hydrogen-bond donors (Lipinski definition) is 4. The van der Waals surface area contributed by atoms with Gasteiger partial charge in [-0.05, 0) is 45.4 Å². The zero-order chi connectivity index (χ0) is 23.2. The number of nitrogens with one attached hydrogen (secondary N) is 2. The van der Waals surface area contributed by atoms with Gasteiger partial charge in [-0.15, -0.1) is 0 Å². The summed E-state index contributed by atoms with van der Waals surface area (Å²) in [6, 6.07) is 7.88. The molecule has 1 unspecified atom stereocenters. The first-order chi connectivity index (χ1) is 16.0. The third-order valence-corrected chi connectivity index (χ3v) is 6.13. The first-order valence-electron chi connectivity index (χ1n) is 11.8. The fraction of sp³-hybridized carbons (Fsp3) is 0.583. The molecule has 2 aliphatic rings. The quantitative estimate of drug-likeness (QED) is 0.446. The van der Waals surface area contributed by atoms with Gasteiger partial charge in [-0.25, -0.2) is 9.97 Å². The maximum atomic E-state index is 9.95. The van der Waals surface area contributed by atoms with Crippen LogP contribution in [0.5, 0.6) is 5.75 Å². The van der Waals surface area contributed by atoms with E-state index in [0.29, 0.717) is 24.7 Å². The summed E-state index contributed by atoms with van der Waals surface area (Å²) >= 11 is 0. The maximum Gasteiger partial charge on any atom is 0.164 e. The Morgan fingerprint density at radius 3 is 2.79 bits per heavy atom. The molecular weight excluding hydrogens is 422 g/mol. The van der Waals surface area contributed by atoms with Crippen molar-refractivity contribution in [2.45, 2.75) is 44.4 Å². The average Bonchev–Trinajstić information content (AvgIpc) is 3.33. The molecule has 4 rings (SSSR count). The number of rotatable bonds is 9. The molecule has 2 aromatic rings. The molecule has 9 heteroatoms. The number of piperidine rings is 1. The van der Waals surface area contributed by atoms with Gasteiger partial charge in [0.25, 0.3) is 0 Å². The molecule has 3 heterocycles. The average molecular weight is 458 g/mol. The molecule has 4 N–H and O–H groups in total. The van der Waals surface area contributed by atoms with Gasteiger partial charge >= 0.3 is 0 Å². The van der Waals surface area contributed by atoms with Crippen LogP contribution < -0.4 is 20.3 Å². The highest BCUT2D eigenvalue weighted by molar-refractivity contribution is 5.67. The van der Waals surface area contributed by atoms with E-state index in [1.807, 2.05) is 31.2 Å². The molecule has 2 saturated heterocycles. The van der Waals surface area contributed by atoms with Crippen LogP contribution in [0.2, 0.25) is 0 Å². The van der Waals surface area contributed by atoms with Crippen LogP contribution in [-0.2, 0) is 4.74 Å². The van der Waals surface area contributed by atoms with Crippen LogP contribution >= 0.6 is 0 Å². The minimum atomic E-state index is -0.584.